The third-order valence-corrected chi connectivity index (χ3v) is 3.11. The Kier molecular flexibility index (Phi) is 4.47. The van der Waals surface area contributed by atoms with Gasteiger partial charge in [0, 0.05) is 5.56 Å². The van der Waals surface area contributed by atoms with Gasteiger partial charge in [-0.1, -0.05) is 38.9 Å². The Labute approximate surface area is 103 Å². The van der Waals surface area contributed by atoms with E-state index in [0.29, 0.717) is 5.56 Å². The molecule has 0 aromatic heterocycles. The summed E-state index contributed by atoms with van der Waals surface area (Å²) in [6.45, 7) is 8.38. The van der Waals surface area contributed by atoms with Crippen LogP contribution in [0.2, 0.25) is 19.6 Å². The summed E-state index contributed by atoms with van der Waals surface area (Å²) in [6, 6.07) is 2.49. The lowest BCUT2D eigenvalue weighted by Gasteiger charge is -2.07. The molecule has 1 rings (SSSR count). The van der Waals surface area contributed by atoms with Gasteiger partial charge in [0.2, 0.25) is 0 Å². The minimum atomic E-state index is -1.49. The Bertz CT molecular complexity index is 462. The molecule has 0 aliphatic heterocycles. The van der Waals surface area contributed by atoms with E-state index in [1.165, 1.54) is 12.1 Å². The Morgan fingerprint density at radius 3 is 2.24 bits per heavy atom. The minimum absolute atomic E-state index is 0.633. The van der Waals surface area contributed by atoms with Crippen LogP contribution in [0, 0.1) is 23.1 Å². The highest BCUT2D eigenvalue weighted by molar-refractivity contribution is 6.83. The first kappa shape index (κ1) is 13.9. The molecule has 0 aliphatic rings. The fraction of sp³-hybridized carbons (Fsp3) is 0.429. The van der Waals surface area contributed by atoms with E-state index in [1.807, 2.05) is 6.92 Å². The summed E-state index contributed by atoms with van der Waals surface area (Å²) in [7, 11) is -1.49. The molecule has 0 saturated heterocycles. The van der Waals surface area contributed by atoms with Crippen LogP contribution in [0.4, 0.5) is 8.78 Å². The number of halogens is 2. The lowest BCUT2D eigenvalue weighted by molar-refractivity contribution is 0.506. The molecule has 1 aromatic rings. The summed E-state index contributed by atoms with van der Waals surface area (Å²) in [5.41, 5.74) is 4.62. The maximum absolute atomic E-state index is 13.2. The van der Waals surface area contributed by atoms with Crippen molar-refractivity contribution in [3.63, 3.8) is 0 Å². The molecule has 0 bridgehead atoms. The van der Waals surface area contributed by atoms with Crippen molar-refractivity contribution in [2.75, 3.05) is 0 Å². The Hall–Kier alpha value is -1.14. The standard InChI is InChI=1S/C14H18F2Si/c1-5-6-11-9-13(15)14(16)10-12(11)7-8-17(2,3)4/h9-10H,5-6H2,1-4H3. The molecule has 1 aromatic carbocycles. The molecule has 3 heteroatoms. The molecule has 0 spiro atoms. The zero-order valence-electron chi connectivity index (χ0n) is 10.8. The predicted molar refractivity (Wildman–Crippen MR) is 70.6 cm³/mol. The van der Waals surface area contributed by atoms with Crippen LogP contribution in [0.25, 0.3) is 0 Å². The molecule has 0 atom stereocenters. The van der Waals surface area contributed by atoms with Crippen LogP contribution in [-0.4, -0.2) is 8.07 Å². The van der Waals surface area contributed by atoms with Crippen molar-refractivity contribution >= 4 is 8.07 Å². The summed E-state index contributed by atoms with van der Waals surface area (Å²) < 4.78 is 26.3. The number of hydrogen-bond donors (Lipinski definition) is 0. The molecule has 0 unspecified atom stereocenters. The van der Waals surface area contributed by atoms with E-state index in [1.54, 1.807) is 0 Å². The molecule has 0 N–H and O–H groups in total. The van der Waals surface area contributed by atoms with Crippen LogP contribution in [0.3, 0.4) is 0 Å². The molecule has 0 saturated carbocycles. The van der Waals surface area contributed by atoms with Gasteiger partial charge in [0.1, 0.15) is 8.07 Å². The number of rotatable bonds is 2. The van der Waals surface area contributed by atoms with Crippen molar-refractivity contribution in [2.45, 2.75) is 39.4 Å². The van der Waals surface area contributed by atoms with Gasteiger partial charge in [-0.15, -0.1) is 5.54 Å². The van der Waals surface area contributed by atoms with E-state index in [9.17, 15) is 8.78 Å². The van der Waals surface area contributed by atoms with E-state index < -0.39 is 19.7 Å². The first-order valence-electron chi connectivity index (χ1n) is 5.84. The highest BCUT2D eigenvalue weighted by Gasteiger charge is 2.10. The zero-order valence-corrected chi connectivity index (χ0v) is 11.8. The summed E-state index contributed by atoms with van der Waals surface area (Å²) in [5, 5.41) is 0. The Morgan fingerprint density at radius 1 is 1.12 bits per heavy atom. The van der Waals surface area contributed by atoms with Crippen molar-refractivity contribution < 1.29 is 8.78 Å². The molecule has 0 radical (unpaired) electrons. The van der Waals surface area contributed by atoms with Gasteiger partial charge in [-0.3, -0.25) is 0 Å². The molecule has 0 heterocycles. The number of benzene rings is 1. The topological polar surface area (TPSA) is 0 Å². The largest absolute Gasteiger partial charge is 0.204 e. The molecule has 0 fully saturated rings. The Balaban J connectivity index is 3.20. The van der Waals surface area contributed by atoms with Gasteiger partial charge in [0.25, 0.3) is 0 Å². The molecular weight excluding hydrogens is 234 g/mol. The molecule has 0 aliphatic carbocycles. The first-order valence-corrected chi connectivity index (χ1v) is 9.34. The van der Waals surface area contributed by atoms with E-state index >= 15 is 0 Å². The molecule has 17 heavy (non-hydrogen) atoms. The maximum atomic E-state index is 13.2. The lowest BCUT2D eigenvalue weighted by Crippen LogP contribution is -2.16. The normalized spacial score (nSPS) is 10.9. The second-order valence-corrected chi connectivity index (χ2v) is 9.92. The predicted octanol–water partition coefficient (Wildman–Crippen LogP) is 4.15. The second-order valence-electron chi connectivity index (χ2n) is 5.17. The van der Waals surface area contributed by atoms with Crippen molar-refractivity contribution in [1.82, 2.24) is 0 Å². The van der Waals surface area contributed by atoms with Crippen LogP contribution in [-0.2, 0) is 6.42 Å². The zero-order chi connectivity index (χ0) is 13.1. The van der Waals surface area contributed by atoms with E-state index in [-0.39, 0.29) is 0 Å². The van der Waals surface area contributed by atoms with Crippen LogP contribution in [0.1, 0.15) is 24.5 Å². The Morgan fingerprint density at radius 2 is 1.71 bits per heavy atom. The van der Waals surface area contributed by atoms with Crippen LogP contribution in [0.5, 0.6) is 0 Å². The first-order chi connectivity index (χ1) is 7.83. The summed E-state index contributed by atoms with van der Waals surface area (Å²) in [4.78, 5) is 0. The van der Waals surface area contributed by atoms with Gasteiger partial charge in [0.15, 0.2) is 11.6 Å². The third-order valence-electron chi connectivity index (χ3n) is 2.24. The molecule has 0 amide bonds. The van der Waals surface area contributed by atoms with Gasteiger partial charge in [-0.2, -0.15) is 0 Å². The van der Waals surface area contributed by atoms with Crippen molar-refractivity contribution in [2.24, 2.45) is 0 Å². The second kappa shape index (κ2) is 5.46. The SMILES string of the molecule is CCCc1cc(F)c(F)cc1C#C[Si](C)(C)C. The van der Waals surface area contributed by atoms with Gasteiger partial charge in [-0.25, -0.2) is 8.78 Å². The van der Waals surface area contributed by atoms with Gasteiger partial charge in [-0.05, 0) is 24.1 Å². The third kappa shape index (κ3) is 4.31. The number of hydrogen-bond acceptors (Lipinski definition) is 0. The van der Waals surface area contributed by atoms with Crippen molar-refractivity contribution in [1.29, 1.82) is 0 Å². The summed E-state index contributed by atoms with van der Waals surface area (Å²) in [6.07, 6.45) is 1.62. The van der Waals surface area contributed by atoms with Crippen LogP contribution in [0.15, 0.2) is 12.1 Å². The fourth-order valence-electron chi connectivity index (χ4n) is 1.44. The smallest absolute Gasteiger partial charge is 0.160 e. The molecule has 0 nitrogen and oxygen atoms in total. The van der Waals surface area contributed by atoms with Gasteiger partial charge >= 0.3 is 0 Å². The van der Waals surface area contributed by atoms with Crippen LogP contribution >= 0.6 is 0 Å². The quantitative estimate of drug-likeness (QED) is 0.548. The van der Waals surface area contributed by atoms with Crippen LogP contribution < -0.4 is 0 Å². The summed E-state index contributed by atoms with van der Waals surface area (Å²) >= 11 is 0. The van der Waals surface area contributed by atoms with Gasteiger partial charge < -0.3 is 0 Å². The number of aryl methyl sites for hydroxylation is 1. The fourth-order valence-corrected chi connectivity index (χ4v) is 1.95. The molecular formula is C14H18F2Si. The monoisotopic (exact) mass is 252 g/mol. The van der Waals surface area contributed by atoms with Crippen molar-refractivity contribution in [3.8, 4) is 11.5 Å². The minimum Gasteiger partial charge on any atom is -0.204 e. The average Bonchev–Trinajstić information content (AvgIpc) is 2.20. The average molecular weight is 252 g/mol. The highest BCUT2D eigenvalue weighted by Crippen LogP contribution is 2.16. The lowest BCUT2D eigenvalue weighted by atomic mass is 10.0. The van der Waals surface area contributed by atoms with E-state index in [0.717, 1.165) is 18.4 Å². The summed E-state index contributed by atoms with van der Waals surface area (Å²) in [5.74, 6) is 1.41. The maximum Gasteiger partial charge on any atom is 0.160 e. The van der Waals surface area contributed by atoms with Crippen molar-refractivity contribution in [3.05, 3.63) is 34.9 Å². The van der Waals surface area contributed by atoms with E-state index in [2.05, 4.69) is 31.1 Å². The van der Waals surface area contributed by atoms with Gasteiger partial charge in [0.05, 0.1) is 0 Å². The highest BCUT2D eigenvalue weighted by atomic mass is 28.3. The van der Waals surface area contributed by atoms with E-state index in [4.69, 9.17) is 0 Å². The molecule has 92 valence electrons.